The van der Waals surface area contributed by atoms with Gasteiger partial charge < -0.3 is 19.0 Å². The van der Waals surface area contributed by atoms with Crippen molar-refractivity contribution < 1.29 is 13.9 Å². The van der Waals surface area contributed by atoms with E-state index in [1.807, 2.05) is 29.2 Å². The maximum absolute atomic E-state index is 12.8. The largest absolute Gasteiger partial charge is 0.496 e. The van der Waals surface area contributed by atoms with E-state index in [4.69, 9.17) is 20.8 Å². The summed E-state index contributed by atoms with van der Waals surface area (Å²) in [5.74, 6) is 1.25. The van der Waals surface area contributed by atoms with Gasteiger partial charge in [0, 0.05) is 26.2 Å². The highest BCUT2D eigenvalue weighted by molar-refractivity contribution is 6.33. The first-order valence-corrected chi connectivity index (χ1v) is 9.83. The lowest BCUT2D eigenvalue weighted by Gasteiger charge is -2.34. The maximum atomic E-state index is 12.8. The second kappa shape index (κ2) is 8.47. The van der Waals surface area contributed by atoms with Crippen molar-refractivity contribution in [1.82, 2.24) is 9.88 Å². The van der Waals surface area contributed by atoms with Crippen LogP contribution >= 0.6 is 11.6 Å². The Morgan fingerprint density at radius 1 is 1.13 bits per heavy atom. The van der Waals surface area contributed by atoms with Gasteiger partial charge in [0.1, 0.15) is 11.8 Å². The number of hydrogen-bond acceptors (Lipinski definition) is 6. The summed E-state index contributed by atoms with van der Waals surface area (Å²) in [4.78, 5) is 20.8. The molecule has 1 saturated heterocycles. The Labute approximate surface area is 179 Å². The number of nitriles is 1. The highest BCUT2D eigenvalue weighted by Crippen LogP contribution is 2.34. The number of nitrogens with zero attached hydrogens (tertiary/aromatic N) is 4. The average molecular weight is 423 g/mol. The lowest BCUT2D eigenvalue weighted by molar-refractivity contribution is 0.0745. The summed E-state index contributed by atoms with van der Waals surface area (Å²) in [6.45, 7) is 2.01. The topological polar surface area (TPSA) is 82.6 Å². The monoisotopic (exact) mass is 422 g/mol. The molecule has 0 saturated carbocycles. The number of carbonyl (C=O) groups is 1. The number of anilines is 1. The van der Waals surface area contributed by atoms with Crippen LogP contribution in [0.15, 0.2) is 52.9 Å². The summed E-state index contributed by atoms with van der Waals surface area (Å²) in [6, 6.07) is 16.5. The Kier molecular flexibility index (Phi) is 5.59. The van der Waals surface area contributed by atoms with Crippen molar-refractivity contribution in [2.75, 3.05) is 38.2 Å². The molecule has 3 aromatic rings. The molecule has 152 valence electrons. The number of halogens is 1. The smallest absolute Gasteiger partial charge is 0.255 e. The van der Waals surface area contributed by atoms with Crippen molar-refractivity contribution >= 4 is 23.4 Å². The molecule has 0 spiro atoms. The molecule has 0 radical (unpaired) electrons. The number of amides is 1. The van der Waals surface area contributed by atoms with E-state index in [2.05, 4.69) is 11.1 Å². The second-order valence-corrected chi connectivity index (χ2v) is 7.15. The molecule has 2 heterocycles. The van der Waals surface area contributed by atoms with Crippen LogP contribution < -0.4 is 9.64 Å². The molecular weight excluding hydrogens is 404 g/mol. The lowest BCUT2D eigenvalue weighted by Crippen LogP contribution is -2.49. The minimum atomic E-state index is -0.104. The van der Waals surface area contributed by atoms with Crippen LogP contribution in [0, 0.1) is 11.3 Å². The lowest BCUT2D eigenvalue weighted by atomic mass is 10.2. The zero-order valence-electron chi connectivity index (χ0n) is 16.3. The standard InChI is InChI=1S/C22H19ClN4O3/c1-29-19-9-5-3-7-16(19)20-25-18(14-24)22(30-20)27-12-10-26(11-13-27)21(28)15-6-2-4-8-17(15)23/h2-9H,10-13H2,1H3. The van der Waals surface area contributed by atoms with Crippen molar-refractivity contribution in [3.63, 3.8) is 0 Å². The van der Waals surface area contributed by atoms with Gasteiger partial charge >= 0.3 is 0 Å². The number of oxazole rings is 1. The molecular formula is C22H19ClN4O3. The van der Waals surface area contributed by atoms with E-state index >= 15 is 0 Å². The van der Waals surface area contributed by atoms with Crippen LogP contribution in [0.1, 0.15) is 16.1 Å². The Hall–Kier alpha value is -3.50. The van der Waals surface area contributed by atoms with Crippen molar-refractivity contribution in [1.29, 1.82) is 5.26 Å². The Balaban J connectivity index is 1.53. The van der Waals surface area contributed by atoms with E-state index in [0.717, 1.165) is 0 Å². The molecule has 0 aliphatic carbocycles. The van der Waals surface area contributed by atoms with Crippen LogP contribution in [0.3, 0.4) is 0 Å². The number of carbonyl (C=O) groups excluding carboxylic acids is 1. The fraction of sp³-hybridized carbons (Fsp3) is 0.227. The van der Waals surface area contributed by atoms with E-state index in [9.17, 15) is 10.1 Å². The summed E-state index contributed by atoms with van der Waals surface area (Å²) < 4.78 is 11.3. The number of aromatic nitrogens is 1. The fourth-order valence-corrected chi connectivity index (χ4v) is 3.67. The van der Waals surface area contributed by atoms with E-state index in [1.54, 1.807) is 36.3 Å². The maximum Gasteiger partial charge on any atom is 0.255 e. The van der Waals surface area contributed by atoms with Crippen LogP contribution in [0.4, 0.5) is 5.88 Å². The summed E-state index contributed by atoms with van der Waals surface area (Å²) in [5.41, 5.74) is 1.38. The number of rotatable bonds is 4. The number of hydrogen-bond donors (Lipinski definition) is 0. The number of methoxy groups -OCH3 is 1. The van der Waals surface area contributed by atoms with Crippen molar-refractivity contribution in [2.24, 2.45) is 0 Å². The molecule has 30 heavy (non-hydrogen) atoms. The molecule has 1 aromatic heterocycles. The van der Waals surface area contributed by atoms with Crippen LogP contribution in [0.2, 0.25) is 5.02 Å². The van der Waals surface area contributed by atoms with Gasteiger partial charge in [-0.3, -0.25) is 4.79 Å². The van der Waals surface area contributed by atoms with Crippen LogP contribution in [0.5, 0.6) is 5.75 Å². The van der Waals surface area contributed by atoms with Gasteiger partial charge in [-0.25, -0.2) is 0 Å². The molecule has 7 nitrogen and oxygen atoms in total. The zero-order chi connectivity index (χ0) is 21.1. The third-order valence-corrected chi connectivity index (χ3v) is 5.34. The molecule has 1 fully saturated rings. The van der Waals surface area contributed by atoms with E-state index in [1.165, 1.54) is 0 Å². The number of benzene rings is 2. The van der Waals surface area contributed by atoms with Gasteiger partial charge in [0.25, 0.3) is 5.91 Å². The minimum absolute atomic E-state index is 0.104. The van der Waals surface area contributed by atoms with E-state index in [-0.39, 0.29) is 11.6 Å². The molecule has 0 N–H and O–H groups in total. The van der Waals surface area contributed by atoms with Gasteiger partial charge in [0.15, 0.2) is 0 Å². The first-order valence-electron chi connectivity index (χ1n) is 9.45. The zero-order valence-corrected chi connectivity index (χ0v) is 17.1. The number of para-hydroxylation sites is 1. The molecule has 1 amide bonds. The molecule has 1 aliphatic rings. The number of ether oxygens (including phenoxy) is 1. The summed E-state index contributed by atoms with van der Waals surface area (Å²) in [7, 11) is 1.57. The minimum Gasteiger partial charge on any atom is -0.496 e. The molecule has 0 unspecified atom stereocenters. The molecule has 0 bridgehead atoms. The van der Waals surface area contributed by atoms with E-state index in [0.29, 0.717) is 59.9 Å². The highest BCUT2D eigenvalue weighted by atomic mass is 35.5. The number of piperazine rings is 1. The van der Waals surface area contributed by atoms with E-state index < -0.39 is 0 Å². The highest BCUT2D eigenvalue weighted by Gasteiger charge is 2.28. The summed E-state index contributed by atoms with van der Waals surface area (Å²) >= 11 is 6.16. The summed E-state index contributed by atoms with van der Waals surface area (Å²) in [5, 5.41) is 9.98. The van der Waals surface area contributed by atoms with Crippen LogP contribution in [-0.2, 0) is 0 Å². The van der Waals surface area contributed by atoms with Crippen molar-refractivity contribution in [2.45, 2.75) is 0 Å². The SMILES string of the molecule is COc1ccccc1-c1nc(C#N)c(N2CCN(C(=O)c3ccccc3Cl)CC2)o1. The van der Waals surface area contributed by atoms with Gasteiger partial charge in [-0.05, 0) is 24.3 Å². The first-order chi connectivity index (χ1) is 14.6. The molecule has 2 aromatic carbocycles. The predicted octanol–water partition coefficient (Wildman–Crippen LogP) is 3.84. The second-order valence-electron chi connectivity index (χ2n) is 6.74. The summed E-state index contributed by atoms with van der Waals surface area (Å²) in [6.07, 6.45) is 0. The van der Waals surface area contributed by atoms with Crippen LogP contribution in [0.25, 0.3) is 11.5 Å². The first kappa shape index (κ1) is 19.8. The van der Waals surface area contributed by atoms with Gasteiger partial charge in [0.05, 0.1) is 23.3 Å². The van der Waals surface area contributed by atoms with Crippen molar-refractivity contribution in [3.8, 4) is 23.3 Å². The quantitative estimate of drug-likeness (QED) is 0.635. The third-order valence-electron chi connectivity index (χ3n) is 5.01. The molecule has 1 aliphatic heterocycles. The fourth-order valence-electron chi connectivity index (χ4n) is 3.45. The molecule has 4 rings (SSSR count). The Bertz CT molecular complexity index is 1110. The van der Waals surface area contributed by atoms with Crippen molar-refractivity contribution in [3.05, 3.63) is 64.8 Å². The van der Waals surface area contributed by atoms with Gasteiger partial charge in [0.2, 0.25) is 17.5 Å². The van der Waals surface area contributed by atoms with Gasteiger partial charge in [-0.1, -0.05) is 35.9 Å². The van der Waals surface area contributed by atoms with Gasteiger partial charge in [-0.15, -0.1) is 0 Å². The average Bonchev–Trinajstić information content (AvgIpc) is 3.23. The predicted molar refractivity (Wildman–Crippen MR) is 113 cm³/mol. The van der Waals surface area contributed by atoms with Gasteiger partial charge in [-0.2, -0.15) is 10.2 Å². The van der Waals surface area contributed by atoms with Crippen LogP contribution in [-0.4, -0.2) is 49.1 Å². The molecule has 8 heteroatoms. The Morgan fingerprint density at radius 3 is 2.53 bits per heavy atom. The Morgan fingerprint density at radius 2 is 1.83 bits per heavy atom. The molecule has 0 atom stereocenters. The third kappa shape index (κ3) is 3.70. The normalized spacial score (nSPS) is 13.8.